The van der Waals surface area contributed by atoms with E-state index in [1.165, 1.54) is 13.2 Å². The van der Waals surface area contributed by atoms with E-state index in [1.807, 2.05) is 0 Å². The van der Waals surface area contributed by atoms with Gasteiger partial charge in [-0.1, -0.05) is 17.7 Å². The first-order valence-electron chi connectivity index (χ1n) is 5.96. The van der Waals surface area contributed by atoms with Gasteiger partial charge in [-0.05, 0) is 12.5 Å². The molecule has 0 heterocycles. The summed E-state index contributed by atoms with van der Waals surface area (Å²) in [4.78, 5) is 21.8. The van der Waals surface area contributed by atoms with Gasteiger partial charge >= 0.3 is 5.97 Å². The van der Waals surface area contributed by atoms with E-state index in [0.717, 1.165) is 6.07 Å². The molecule has 0 saturated carbocycles. The molecule has 1 rings (SSSR count). The van der Waals surface area contributed by atoms with Crippen LogP contribution >= 0.6 is 11.6 Å². The molecule has 1 aromatic carbocycles. The fourth-order valence-electron chi connectivity index (χ4n) is 1.54. The molecule has 21 heavy (non-hydrogen) atoms. The molecule has 0 spiro atoms. The van der Waals surface area contributed by atoms with E-state index in [-0.39, 0.29) is 29.0 Å². The highest BCUT2D eigenvalue weighted by Crippen LogP contribution is 2.35. The van der Waals surface area contributed by atoms with Crippen LogP contribution in [-0.2, 0) is 4.74 Å². The summed E-state index contributed by atoms with van der Waals surface area (Å²) in [6, 6.07) is 1.98. The van der Waals surface area contributed by atoms with Gasteiger partial charge in [-0.15, -0.1) is 6.58 Å². The molecular weight excluding hydrogens is 300 g/mol. The topological polar surface area (TPSA) is 105 Å². The number of methoxy groups -OCH3 is 1. The van der Waals surface area contributed by atoms with Crippen LogP contribution in [0.15, 0.2) is 24.8 Å². The van der Waals surface area contributed by atoms with Crippen molar-refractivity contribution in [1.82, 2.24) is 0 Å². The summed E-state index contributed by atoms with van der Waals surface area (Å²) in [6.07, 6.45) is 2.14. The van der Waals surface area contributed by atoms with Gasteiger partial charge in [-0.3, -0.25) is 10.1 Å². The van der Waals surface area contributed by atoms with Gasteiger partial charge in [0.15, 0.2) is 5.02 Å². The van der Waals surface area contributed by atoms with E-state index >= 15 is 0 Å². The summed E-state index contributed by atoms with van der Waals surface area (Å²) in [5.41, 5.74) is 5.27. The third-order valence-electron chi connectivity index (χ3n) is 2.56. The van der Waals surface area contributed by atoms with Crippen LogP contribution in [0.25, 0.3) is 0 Å². The monoisotopic (exact) mass is 314 g/mol. The van der Waals surface area contributed by atoms with Gasteiger partial charge in [0, 0.05) is 12.1 Å². The van der Waals surface area contributed by atoms with Gasteiger partial charge in [0.25, 0.3) is 5.69 Å². The Bertz CT molecular complexity index is 562. The lowest BCUT2D eigenvalue weighted by Crippen LogP contribution is -2.27. The molecular formula is C13H15ClN2O5. The maximum Gasteiger partial charge on any atom is 0.338 e. The van der Waals surface area contributed by atoms with Gasteiger partial charge in [0.2, 0.25) is 0 Å². The number of nitrogens with two attached hydrogens (primary N) is 1. The number of hydrogen-bond donors (Lipinski definition) is 1. The number of carbonyl (C=O) groups excluding carboxylic acids is 1. The van der Waals surface area contributed by atoms with E-state index in [0.29, 0.717) is 6.42 Å². The Balaban J connectivity index is 3.11. The van der Waals surface area contributed by atoms with Gasteiger partial charge < -0.3 is 15.2 Å². The SMILES string of the molecule is C=CC[C@@H](N)COc1cc(C(=O)OC)cc([N+](=O)[O-])c1Cl. The molecule has 0 bridgehead atoms. The van der Waals surface area contributed by atoms with Crippen molar-refractivity contribution in [3.63, 3.8) is 0 Å². The summed E-state index contributed by atoms with van der Waals surface area (Å²) in [6.45, 7) is 3.62. The third-order valence-corrected chi connectivity index (χ3v) is 2.94. The summed E-state index contributed by atoms with van der Waals surface area (Å²) in [5.74, 6) is -0.721. The maximum absolute atomic E-state index is 11.5. The highest BCUT2D eigenvalue weighted by Gasteiger charge is 2.22. The number of carbonyl (C=O) groups is 1. The number of ether oxygens (including phenoxy) is 2. The molecule has 0 amide bonds. The highest BCUT2D eigenvalue weighted by atomic mass is 35.5. The van der Waals surface area contributed by atoms with Crippen molar-refractivity contribution in [3.05, 3.63) is 45.5 Å². The average Bonchev–Trinajstić information content (AvgIpc) is 2.45. The predicted molar refractivity (Wildman–Crippen MR) is 77.7 cm³/mol. The van der Waals surface area contributed by atoms with Crippen molar-refractivity contribution in [2.24, 2.45) is 5.73 Å². The highest BCUT2D eigenvalue weighted by molar-refractivity contribution is 6.34. The Morgan fingerprint density at radius 3 is 2.81 bits per heavy atom. The van der Waals surface area contributed by atoms with E-state index in [4.69, 9.17) is 22.1 Å². The molecule has 1 aromatic rings. The van der Waals surface area contributed by atoms with Crippen molar-refractivity contribution < 1.29 is 19.2 Å². The molecule has 0 radical (unpaired) electrons. The number of benzene rings is 1. The van der Waals surface area contributed by atoms with Crippen LogP contribution in [0.3, 0.4) is 0 Å². The minimum atomic E-state index is -0.727. The quantitative estimate of drug-likeness (QED) is 0.358. The van der Waals surface area contributed by atoms with Crippen LogP contribution in [-0.4, -0.2) is 30.7 Å². The van der Waals surface area contributed by atoms with Crippen molar-refractivity contribution in [3.8, 4) is 5.75 Å². The Hall–Kier alpha value is -2.12. The second kappa shape index (κ2) is 7.61. The molecule has 114 valence electrons. The zero-order valence-electron chi connectivity index (χ0n) is 11.4. The first-order valence-corrected chi connectivity index (χ1v) is 6.34. The fraction of sp³-hybridized carbons (Fsp3) is 0.308. The molecule has 2 N–H and O–H groups in total. The molecule has 0 aliphatic heterocycles. The largest absolute Gasteiger partial charge is 0.490 e. The normalized spacial score (nSPS) is 11.6. The van der Waals surface area contributed by atoms with Crippen LogP contribution in [0.4, 0.5) is 5.69 Å². The number of hydrogen-bond acceptors (Lipinski definition) is 6. The number of nitro groups is 1. The smallest absolute Gasteiger partial charge is 0.338 e. The molecule has 1 atom stereocenters. The van der Waals surface area contributed by atoms with E-state index < -0.39 is 16.6 Å². The predicted octanol–water partition coefficient (Wildman–Crippen LogP) is 2.32. The molecule has 8 heteroatoms. The Morgan fingerprint density at radius 2 is 2.29 bits per heavy atom. The van der Waals surface area contributed by atoms with Crippen LogP contribution < -0.4 is 10.5 Å². The first kappa shape index (κ1) is 16.9. The van der Waals surface area contributed by atoms with Gasteiger partial charge in [0.1, 0.15) is 12.4 Å². The second-order valence-corrected chi connectivity index (χ2v) is 4.53. The van der Waals surface area contributed by atoms with Crippen molar-refractivity contribution in [1.29, 1.82) is 0 Å². The zero-order valence-corrected chi connectivity index (χ0v) is 12.1. The molecule has 0 fully saturated rings. The van der Waals surface area contributed by atoms with Crippen LogP contribution in [0.2, 0.25) is 5.02 Å². The second-order valence-electron chi connectivity index (χ2n) is 4.15. The standard InChI is InChI=1S/C13H15ClN2O5/c1-3-4-9(15)7-21-11-6-8(13(17)20-2)5-10(12(11)14)16(18)19/h3,5-6,9H,1,4,7,15H2,2H3/t9-/m1/s1. The first-order chi connectivity index (χ1) is 9.90. The van der Waals surface area contributed by atoms with Crippen LogP contribution in [0, 0.1) is 10.1 Å². The zero-order chi connectivity index (χ0) is 16.0. The Kier molecular flexibility index (Phi) is 6.13. The lowest BCUT2D eigenvalue weighted by Gasteiger charge is -2.13. The summed E-state index contributed by atoms with van der Waals surface area (Å²) < 4.78 is 9.89. The van der Waals surface area contributed by atoms with E-state index in [1.54, 1.807) is 6.08 Å². The van der Waals surface area contributed by atoms with Crippen LogP contribution in [0.5, 0.6) is 5.75 Å². The van der Waals surface area contributed by atoms with Gasteiger partial charge in [-0.2, -0.15) is 0 Å². The van der Waals surface area contributed by atoms with Gasteiger partial charge in [-0.25, -0.2) is 4.79 Å². The average molecular weight is 315 g/mol. The molecule has 0 aliphatic rings. The molecule has 0 saturated heterocycles. The van der Waals surface area contributed by atoms with E-state index in [2.05, 4.69) is 11.3 Å². The molecule has 0 unspecified atom stereocenters. The summed E-state index contributed by atoms with van der Waals surface area (Å²) >= 11 is 5.90. The molecule has 0 aromatic heterocycles. The Labute approximate surface area is 126 Å². The third kappa shape index (κ3) is 4.44. The number of esters is 1. The van der Waals surface area contributed by atoms with Crippen molar-refractivity contribution in [2.75, 3.05) is 13.7 Å². The number of nitro benzene ring substituents is 1. The lowest BCUT2D eigenvalue weighted by atomic mass is 10.2. The number of nitrogens with zero attached hydrogens (tertiary/aromatic N) is 1. The van der Waals surface area contributed by atoms with E-state index in [9.17, 15) is 14.9 Å². The summed E-state index contributed by atoms with van der Waals surface area (Å²) in [7, 11) is 1.17. The summed E-state index contributed by atoms with van der Waals surface area (Å²) in [5, 5.41) is 10.8. The van der Waals surface area contributed by atoms with Gasteiger partial charge in [0.05, 0.1) is 17.6 Å². The fourth-order valence-corrected chi connectivity index (χ4v) is 1.77. The van der Waals surface area contributed by atoms with Crippen molar-refractivity contribution >= 4 is 23.3 Å². The lowest BCUT2D eigenvalue weighted by molar-refractivity contribution is -0.384. The van der Waals surface area contributed by atoms with Crippen molar-refractivity contribution in [2.45, 2.75) is 12.5 Å². The minimum Gasteiger partial charge on any atom is -0.490 e. The molecule has 0 aliphatic carbocycles. The van der Waals surface area contributed by atoms with Crippen LogP contribution in [0.1, 0.15) is 16.8 Å². The number of rotatable bonds is 7. The minimum absolute atomic E-state index is 0.00535. The Morgan fingerprint density at radius 1 is 1.62 bits per heavy atom. The number of halogens is 1. The maximum atomic E-state index is 11.5. The molecule has 7 nitrogen and oxygen atoms in total.